The molecule has 0 saturated carbocycles. The normalized spacial score (nSPS) is 17.3. The summed E-state index contributed by atoms with van der Waals surface area (Å²) in [6.07, 6.45) is 1.33. The van der Waals surface area contributed by atoms with E-state index in [0.29, 0.717) is 22.4 Å². The minimum absolute atomic E-state index is 0.0527. The average Bonchev–Trinajstić information content (AvgIpc) is 2.71. The van der Waals surface area contributed by atoms with Crippen LogP contribution in [-0.4, -0.2) is 5.78 Å². The van der Waals surface area contributed by atoms with Crippen molar-refractivity contribution in [3.8, 4) is 11.8 Å². The molecule has 3 aromatic carbocycles. The molecule has 0 N–H and O–H groups in total. The van der Waals surface area contributed by atoms with Crippen molar-refractivity contribution in [3.63, 3.8) is 0 Å². The number of nitriles is 1. The van der Waals surface area contributed by atoms with Crippen LogP contribution >= 0.6 is 0 Å². The molecule has 0 spiro atoms. The minimum Gasteiger partial charge on any atom is -0.480 e. The third-order valence-electron chi connectivity index (χ3n) is 4.36. The Morgan fingerprint density at radius 1 is 0.923 bits per heavy atom. The molecule has 3 nitrogen and oxygen atoms in total. The fourth-order valence-electron chi connectivity index (χ4n) is 3.12. The summed E-state index contributed by atoms with van der Waals surface area (Å²) in [5, 5.41) is 9.12. The van der Waals surface area contributed by atoms with Crippen LogP contribution in [0.25, 0.3) is 6.08 Å². The number of Topliss-reactive ketones (excluding diaryl/α,β-unsaturated/α-hetero) is 1. The summed E-state index contributed by atoms with van der Waals surface area (Å²) in [6, 6.07) is 26.3. The van der Waals surface area contributed by atoms with E-state index < -0.39 is 6.10 Å². The van der Waals surface area contributed by atoms with Gasteiger partial charge in [-0.1, -0.05) is 54.6 Å². The van der Waals surface area contributed by atoms with Crippen LogP contribution in [-0.2, 0) is 0 Å². The number of ether oxygens (including phenoxy) is 1. The molecule has 0 fully saturated rings. The predicted octanol–water partition coefficient (Wildman–Crippen LogP) is 4.96. The Kier molecular flexibility index (Phi) is 4.09. The first-order chi connectivity index (χ1) is 12.8. The molecule has 0 saturated heterocycles. The lowest BCUT2D eigenvalue weighted by atomic mass is 9.89. The highest BCUT2D eigenvalue weighted by atomic mass is 16.5. The summed E-state index contributed by atoms with van der Waals surface area (Å²) in [7, 11) is 0. The Morgan fingerprint density at radius 3 is 2.50 bits per heavy atom. The second-order valence-electron chi connectivity index (χ2n) is 6.07. The average molecular weight is 337 g/mol. The Morgan fingerprint density at radius 2 is 1.69 bits per heavy atom. The van der Waals surface area contributed by atoms with Crippen molar-refractivity contribution in [2.45, 2.75) is 6.10 Å². The maximum atomic E-state index is 13.1. The van der Waals surface area contributed by atoms with Gasteiger partial charge in [-0.05, 0) is 41.5 Å². The molecule has 3 aromatic rings. The molecule has 1 heterocycles. The van der Waals surface area contributed by atoms with Crippen molar-refractivity contribution < 1.29 is 9.53 Å². The predicted molar refractivity (Wildman–Crippen MR) is 99.7 cm³/mol. The molecule has 1 atom stereocenters. The fraction of sp³-hybridized carbons (Fsp3) is 0.0435. The molecular weight excluding hydrogens is 322 g/mol. The lowest BCUT2D eigenvalue weighted by Gasteiger charge is -2.28. The molecule has 124 valence electrons. The number of ketones is 1. The van der Waals surface area contributed by atoms with Gasteiger partial charge in [0, 0.05) is 5.57 Å². The topological polar surface area (TPSA) is 50.1 Å². The van der Waals surface area contributed by atoms with Gasteiger partial charge in [-0.25, -0.2) is 0 Å². The molecule has 1 unspecified atom stereocenters. The number of carbonyl (C=O) groups is 1. The van der Waals surface area contributed by atoms with Crippen LogP contribution in [0.4, 0.5) is 0 Å². The Hall–Kier alpha value is -3.64. The second kappa shape index (κ2) is 6.70. The summed E-state index contributed by atoms with van der Waals surface area (Å²) >= 11 is 0. The van der Waals surface area contributed by atoms with Crippen LogP contribution in [0.3, 0.4) is 0 Å². The Labute approximate surface area is 151 Å². The summed E-state index contributed by atoms with van der Waals surface area (Å²) in [5.41, 5.74) is 3.39. The molecule has 0 radical (unpaired) electrons. The molecular formula is C23H15NO2. The van der Waals surface area contributed by atoms with Gasteiger partial charge in [-0.2, -0.15) is 5.26 Å². The maximum Gasteiger partial charge on any atom is 0.196 e. The van der Waals surface area contributed by atoms with E-state index in [9.17, 15) is 4.79 Å². The number of nitrogens with zero attached hydrogens (tertiary/aromatic N) is 1. The third kappa shape index (κ3) is 2.89. The molecule has 0 aromatic heterocycles. The number of rotatable bonds is 2. The van der Waals surface area contributed by atoms with Crippen molar-refractivity contribution in [3.05, 3.63) is 107 Å². The van der Waals surface area contributed by atoms with Crippen LogP contribution < -0.4 is 4.74 Å². The van der Waals surface area contributed by atoms with Gasteiger partial charge >= 0.3 is 0 Å². The smallest absolute Gasteiger partial charge is 0.196 e. The standard InChI is InChI=1S/C23H15NO2/c24-15-17-8-6-7-16(13-17)14-20-22(25)19-11-4-5-12-21(19)26-23(20)18-9-2-1-3-10-18/h1-14,23H/b20-14+. The fourth-order valence-corrected chi connectivity index (χ4v) is 3.12. The van der Waals surface area contributed by atoms with Gasteiger partial charge in [-0.15, -0.1) is 0 Å². The number of carbonyl (C=O) groups excluding carboxylic acids is 1. The van der Waals surface area contributed by atoms with Crippen molar-refractivity contribution in [1.29, 1.82) is 5.26 Å². The van der Waals surface area contributed by atoms with Crippen LogP contribution in [0.2, 0.25) is 0 Å². The number of para-hydroxylation sites is 1. The van der Waals surface area contributed by atoms with Gasteiger partial charge < -0.3 is 4.74 Å². The first-order valence-corrected chi connectivity index (χ1v) is 8.33. The first-order valence-electron chi connectivity index (χ1n) is 8.33. The van der Waals surface area contributed by atoms with E-state index in [1.165, 1.54) is 0 Å². The maximum absolute atomic E-state index is 13.1. The zero-order valence-electron chi connectivity index (χ0n) is 13.9. The Bertz CT molecular complexity index is 1050. The zero-order chi connectivity index (χ0) is 17.9. The van der Waals surface area contributed by atoms with Crippen LogP contribution in [0.1, 0.15) is 33.2 Å². The molecule has 26 heavy (non-hydrogen) atoms. The third-order valence-corrected chi connectivity index (χ3v) is 4.36. The summed E-state index contributed by atoms with van der Waals surface area (Å²) < 4.78 is 6.18. The lowest BCUT2D eigenvalue weighted by molar-refractivity contribution is 0.0963. The molecule has 1 aliphatic rings. The van der Waals surface area contributed by atoms with Crippen LogP contribution in [0, 0.1) is 11.3 Å². The van der Waals surface area contributed by atoms with E-state index in [1.54, 1.807) is 18.2 Å². The van der Waals surface area contributed by atoms with Gasteiger partial charge in [0.15, 0.2) is 11.9 Å². The summed E-state index contributed by atoms with van der Waals surface area (Å²) in [4.78, 5) is 13.1. The highest BCUT2D eigenvalue weighted by Crippen LogP contribution is 2.39. The zero-order valence-corrected chi connectivity index (χ0v) is 13.9. The molecule has 1 aliphatic heterocycles. The number of fused-ring (bicyclic) bond motifs is 1. The van der Waals surface area contributed by atoms with Gasteiger partial charge in [0.2, 0.25) is 0 Å². The van der Waals surface area contributed by atoms with Gasteiger partial charge in [0.1, 0.15) is 5.75 Å². The van der Waals surface area contributed by atoms with E-state index in [0.717, 1.165) is 11.1 Å². The summed E-state index contributed by atoms with van der Waals surface area (Å²) in [5.74, 6) is 0.539. The summed E-state index contributed by atoms with van der Waals surface area (Å²) in [6.45, 7) is 0. The number of hydrogen-bond acceptors (Lipinski definition) is 3. The van der Waals surface area contributed by atoms with Crippen LogP contribution in [0.15, 0.2) is 84.4 Å². The SMILES string of the molecule is N#Cc1cccc(/C=C2\C(=O)c3ccccc3OC2c2ccccc2)c1. The van der Waals surface area contributed by atoms with Gasteiger partial charge in [0.25, 0.3) is 0 Å². The molecule has 0 aliphatic carbocycles. The first kappa shape index (κ1) is 15.9. The minimum atomic E-state index is -0.482. The lowest BCUT2D eigenvalue weighted by Crippen LogP contribution is -2.23. The molecule has 0 amide bonds. The number of hydrogen-bond donors (Lipinski definition) is 0. The van der Waals surface area contributed by atoms with E-state index in [1.807, 2.05) is 66.7 Å². The van der Waals surface area contributed by atoms with Gasteiger partial charge in [0.05, 0.1) is 17.2 Å². The van der Waals surface area contributed by atoms with E-state index in [2.05, 4.69) is 6.07 Å². The van der Waals surface area contributed by atoms with E-state index in [-0.39, 0.29) is 5.78 Å². The van der Waals surface area contributed by atoms with E-state index in [4.69, 9.17) is 10.00 Å². The van der Waals surface area contributed by atoms with Crippen molar-refractivity contribution in [2.75, 3.05) is 0 Å². The largest absolute Gasteiger partial charge is 0.480 e. The Balaban J connectivity index is 1.87. The van der Waals surface area contributed by atoms with Gasteiger partial charge in [-0.3, -0.25) is 4.79 Å². The molecule has 3 heteroatoms. The molecule has 4 rings (SSSR count). The quantitative estimate of drug-likeness (QED) is 0.621. The van der Waals surface area contributed by atoms with Crippen LogP contribution in [0.5, 0.6) is 5.75 Å². The van der Waals surface area contributed by atoms with Crippen molar-refractivity contribution in [2.24, 2.45) is 0 Å². The monoisotopic (exact) mass is 337 g/mol. The van der Waals surface area contributed by atoms with Crippen molar-refractivity contribution in [1.82, 2.24) is 0 Å². The molecule has 0 bridgehead atoms. The van der Waals surface area contributed by atoms with E-state index >= 15 is 0 Å². The second-order valence-corrected chi connectivity index (χ2v) is 6.07. The highest BCUT2D eigenvalue weighted by Gasteiger charge is 2.32. The van der Waals surface area contributed by atoms with Crippen molar-refractivity contribution >= 4 is 11.9 Å². The number of benzene rings is 3. The highest BCUT2D eigenvalue weighted by molar-refractivity contribution is 6.14.